The summed E-state index contributed by atoms with van der Waals surface area (Å²) in [6, 6.07) is 12.2. The lowest BCUT2D eigenvalue weighted by Crippen LogP contribution is -2.52. The number of nitrogens with zero attached hydrogens (tertiary/aromatic N) is 2. The van der Waals surface area contributed by atoms with Gasteiger partial charge in [-0.15, -0.1) is 0 Å². The summed E-state index contributed by atoms with van der Waals surface area (Å²) in [7, 11) is 0. The number of halogens is 1. The van der Waals surface area contributed by atoms with E-state index in [0.717, 1.165) is 36.7 Å². The molecular weight excluding hydrogens is 359 g/mol. The SMILES string of the molecule is CC(C)(C(=O)N1CCN(Cc2ccc3c(c2)OCO3)CC1)c1ccc(F)cc1. The zero-order valence-electron chi connectivity index (χ0n) is 16.3. The number of ether oxygens (including phenoxy) is 2. The Morgan fingerprint density at radius 1 is 1.00 bits per heavy atom. The molecule has 5 nitrogen and oxygen atoms in total. The van der Waals surface area contributed by atoms with Crippen molar-refractivity contribution in [3.8, 4) is 11.5 Å². The third-order valence-electron chi connectivity index (χ3n) is 5.60. The summed E-state index contributed by atoms with van der Waals surface area (Å²) in [4.78, 5) is 17.3. The van der Waals surface area contributed by atoms with Gasteiger partial charge in [-0.3, -0.25) is 9.69 Å². The minimum atomic E-state index is -0.673. The molecule has 148 valence electrons. The second-order valence-corrected chi connectivity index (χ2v) is 7.89. The van der Waals surface area contributed by atoms with Crippen LogP contribution in [0.25, 0.3) is 0 Å². The zero-order valence-corrected chi connectivity index (χ0v) is 16.3. The minimum absolute atomic E-state index is 0.0850. The molecule has 0 N–H and O–H groups in total. The first-order valence-corrected chi connectivity index (χ1v) is 9.60. The molecule has 2 heterocycles. The van der Waals surface area contributed by atoms with Crippen LogP contribution < -0.4 is 9.47 Å². The number of hydrogen-bond donors (Lipinski definition) is 0. The second-order valence-electron chi connectivity index (χ2n) is 7.89. The van der Waals surface area contributed by atoms with Gasteiger partial charge in [0.25, 0.3) is 0 Å². The number of rotatable bonds is 4. The number of piperazine rings is 1. The molecule has 6 heteroatoms. The highest BCUT2D eigenvalue weighted by Gasteiger charge is 2.35. The highest BCUT2D eigenvalue weighted by atomic mass is 19.1. The van der Waals surface area contributed by atoms with E-state index in [2.05, 4.69) is 11.0 Å². The van der Waals surface area contributed by atoms with Gasteiger partial charge in [-0.25, -0.2) is 4.39 Å². The second kappa shape index (κ2) is 7.43. The van der Waals surface area contributed by atoms with Crippen molar-refractivity contribution in [3.05, 3.63) is 59.4 Å². The number of carbonyl (C=O) groups is 1. The van der Waals surface area contributed by atoms with Crippen LogP contribution in [0.4, 0.5) is 4.39 Å². The molecule has 2 aliphatic heterocycles. The third-order valence-corrected chi connectivity index (χ3v) is 5.60. The van der Waals surface area contributed by atoms with Crippen molar-refractivity contribution in [1.29, 1.82) is 0 Å². The van der Waals surface area contributed by atoms with Crippen LogP contribution in [-0.2, 0) is 16.8 Å². The van der Waals surface area contributed by atoms with Crippen molar-refractivity contribution < 1.29 is 18.7 Å². The molecule has 0 spiro atoms. The summed E-state index contributed by atoms with van der Waals surface area (Å²) in [6.45, 7) is 7.92. The van der Waals surface area contributed by atoms with E-state index in [1.54, 1.807) is 12.1 Å². The van der Waals surface area contributed by atoms with Gasteiger partial charge < -0.3 is 14.4 Å². The van der Waals surface area contributed by atoms with Crippen LogP contribution in [0.3, 0.4) is 0 Å². The fourth-order valence-electron chi connectivity index (χ4n) is 3.79. The van der Waals surface area contributed by atoms with Gasteiger partial charge in [-0.2, -0.15) is 0 Å². The van der Waals surface area contributed by atoms with E-state index in [1.807, 2.05) is 30.9 Å². The number of amides is 1. The smallest absolute Gasteiger partial charge is 0.232 e. The van der Waals surface area contributed by atoms with Gasteiger partial charge in [-0.05, 0) is 49.2 Å². The summed E-state index contributed by atoms with van der Waals surface area (Å²) in [5, 5.41) is 0. The Bertz CT molecular complexity index is 859. The van der Waals surface area contributed by atoms with Crippen LogP contribution in [0.5, 0.6) is 11.5 Å². The predicted molar refractivity (Wildman–Crippen MR) is 104 cm³/mol. The zero-order chi connectivity index (χ0) is 19.7. The molecule has 4 rings (SSSR count). The first kappa shape index (κ1) is 18.7. The Hall–Kier alpha value is -2.60. The lowest BCUT2D eigenvalue weighted by atomic mass is 9.83. The number of benzene rings is 2. The van der Waals surface area contributed by atoms with E-state index in [-0.39, 0.29) is 18.5 Å². The van der Waals surface area contributed by atoms with E-state index in [9.17, 15) is 9.18 Å². The maximum Gasteiger partial charge on any atom is 0.232 e. The molecule has 0 unspecified atom stereocenters. The Kier molecular flexibility index (Phi) is 4.98. The highest BCUT2D eigenvalue weighted by molar-refractivity contribution is 5.87. The van der Waals surface area contributed by atoms with Crippen molar-refractivity contribution in [2.75, 3.05) is 33.0 Å². The van der Waals surface area contributed by atoms with Crippen LogP contribution in [0.1, 0.15) is 25.0 Å². The molecule has 0 aromatic heterocycles. The van der Waals surface area contributed by atoms with E-state index < -0.39 is 5.41 Å². The van der Waals surface area contributed by atoms with Gasteiger partial charge in [0.15, 0.2) is 11.5 Å². The van der Waals surface area contributed by atoms with Crippen molar-refractivity contribution in [3.63, 3.8) is 0 Å². The summed E-state index contributed by atoms with van der Waals surface area (Å²) in [6.07, 6.45) is 0. The van der Waals surface area contributed by atoms with Crippen LogP contribution in [-0.4, -0.2) is 48.7 Å². The van der Waals surface area contributed by atoms with Crippen molar-refractivity contribution >= 4 is 5.91 Å². The van der Waals surface area contributed by atoms with E-state index in [1.165, 1.54) is 17.7 Å². The lowest BCUT2D eigenvalue weighted by Gasteiger charge is -2.38. The van der Waals surface area contributed by atoms with Crippen molar-refractivity contribution in [2.45, 2.75) is 25.8 Å². The van der Waals surface area contributed by atoms with E-state index >= 15 is 0 Å². The molecule has 2 aromatic carbocycles. The summed E-state index contributed by atoms with van der Waals surface area (Å²) in [5.41, 5.74) is 1.34. The Morgan fingerprint density at radius 2 is 1.68 bits per heavy atom. The van der Waals surface area contributed by atoms with Crippen molar-refractivity contribution in [1.82, 2.24) is 9.80 Å². The third kappa shape index (κ3) is 3.69. The standard InChI is InChI=1S/C22H25FN2O3/c1-22(2,17-4-6-18(23)7-5-17)21(26)25-11-9-24(10-12-25)14-16-3-8-19-20(13-16)28-15-27-19/h3-8,13H,9-12,14-15H2,1-2H3. The Labute approximate surface area is 164 Å². The molecule has 1 saturated heterocycles. The fraction of sp³-hybridized carbons (Fsp3) is 0.409. The summed E-state index contributed by atoms with van der Waals surface area (Å²) >= 11 is 0. The Morgan fingerprint density at radius 3 is 2.39 bits per heavy atom. The average molecular weight is 384 g/mol. The fourth-order valence-corrected chi connectivity index (χ4v) is 3.79. The molecule has 1 amide bonds. The molecule has 2 aliphatic rings. The molecule has 0 radical (unpaired) electrons. The number of hydrogen-bond acceptors (Lipinski definition) is 4. The van der Waals surface area contributed by atoms with Gasteiger partial charge >= 0.3 is 0 Å². The number of fused-ring (bicyclic) bond motifs is 1. The van der Waals surface area contributed by atoms with Crippen LogP contribution in [0.15, 0.2) is 42.5 Å². The van der Waals surface area contributed by atoms with E-state index in [0.29, 0.717) is 13.1 Å². The monoisotopic (exact) mass is 384 g/mol. The maximum atomic E-state index is 13.2. The molecule has 0 saturated carbocycles. The minimum Gasteiger partial charge on any atom is -0.454 e. The van der Waals surface area contributed by atoms with Gasteiger partial charge in [0.2, 0.25) is 12.7 Å². The average Bonchev–Trinajstić information content (AvgIpc) is 3.16. The van der Waals surface area contributed by atoms with E-state index in [4.69, 9.17) is 9.47 Å². The largest absolute Gasteiger partial charge is 0.454 e. The van der Waals surface area contributed by atoms with Crippen LogP contribution in [0, 0.1) is 5.82 Å². The molecule has 0 bridgehead atoms. The molecule has 2 aromatic rings. The predicted octanol–water partition coefficient (Wildman–Crippen LogP) is 3.18. The summed E-state index contributed by atoms with van der Waals surface area (Å²) < 4.78 is 24.0. The maximum absolute atomic E-state index is 13.2. The molecule has 28 heavy (non-hydrogen) atoms. The topological polar surface area (TPSA) is 42.0 Å². The normalized spacial score (nSPS) is 17.0. The first-order valence-electron chi connectivity index (χ1n) is 9.60. The van der Waals surface area contributed by atoms with Gasteiger partial charge in [0, 0.05) is 32.7 Å². The van der Waals surface area contributed by atoms with Gasteiger partial charge in [0.1, 0.15) is 5.82 Å². The Balaban J connectivity index is 1.35. The molecular formula is C22H25FN2O3. The summed E-state index contributed by atoms with van der Waals surface area (Å²) in [5.74, 6) is 1.39. The quantitative estimate of drug-likeness (QED) is 0.812. The van der Waals surface area contributed by atoms with Gasteiger partial charge in [-0.1, -0.05) is 18.2 Å². The molecule has 0 atom stereocenters. The van der Waals surface area contributed by atoms with Crippen LogP contribution >= 0.6 is 0 Å². The molecule has 0 aliphatic carbocycles. The van der Waals surface area contributed by atoms with Crippen molar-refractivity contribution in [2.24, 2.45) is 0 Å². The van der Waals surface area contributed by atoms with Gasteiger partial charge in [0.05, 0.1) is 5.41 Å². The van der Waals surface area contributed by atoms with Crippen LogP contribution in [0.2, 0.25) is 0 Å². The molecule has 1 fully saturated rings. The lowest BCUT2D eigenvalue weighted by molar-refractivity contribution is -0.138. The highest BCUT2D eigenvalue weighted by Crippen LogP contribution is 2.33. The number of carbonyl (C=O) groups excluding carboxylic acids is 1. The first-order chi connectivity index (χ1) is 13.4.